The molecule has 1 unspecified atom stereocenters. The Morgan fingerprint density at radius 3 is 2.75 bits per heavy atom. The first-order valence-electron chi connectivity index (χ1n) is 4.35. The maximum atomic E-state index is 5.77. The molecule has 1 nitrogen and oxygen atoms in total. The molecule has 0 fully saturated rings. The molecule has 2 aliphatic rings. The van der Waals surface area contributed by atoms with E-state index in [1.807, 2.05) is 0 Å². The van der Waals surface area contributed by atoms with Crippen LogP contribution in [-0.2, 0) is 29.5 Å². The summed E-state index contributed by atoms with van der Waals surface area (Å²) in [7, 11) is 0. The molecule has 0 spiro atoms. The number of benzene rings is 1. The molecular weight excluding hydrogens is 390 g/mol. The van der Waals surface area contributed by atoms with Gasteiger partial charge in [0.2, 0.25) is 0 Å². The van der Waals surface area contributed by atoms with Gasteiger partial charge in [-0.2, -0.15) is 0 Å². The van der Waals surface area contributed by atoms with Gasteiger partial charge in [0.15, 0.2) is 0 Å². The summed E-state index contributed by atoms with van der Waals surface area (Å²) in [5, 5.41) is 2.48. The number of hydrogen-bond donors (Lipinski definition) is 0. The van der Waals surface area contributed by atoms with E-state index in [-0.39, 0.29) is 24.8 Å². The Labute approximate surface area is 129 Å². The van der Waals surface area contributed by atoms with Crippen LogP contribution in [-0.4, -0.2) is 3.81 Å². The first-order valence-corrected chi connectivity index (χ1v) is 6.57. The number of ether oxygens (including phenoxy) is 1. The van der Waals surface area contributed by atoms with E-state index in [1.54, 1.807) is 0 Å². The van der Waals surface area contributed by atoms with Crippen molar-refractivity contribution in [2.45, 2.75) is 3.81 Å². The fourth-order valence-corrected chi connectivity index (χ4v) is 2.94. The zero-order valence-corrected chi connectivity index (χ0v) is 13.6. The average Bonchev–Trinajstić information content (AvgIpc) is 2.59. The SMILES string of the molecule is Brc1ccc2c(c1)=CC1=C[CH]([Zr+2])OC=21.[Cl-].[Cl-]. The van der Waals surface area contributed by atoms with Crippen LogP contribution in [0, 0.1) is 0 Å². The van der Waals surface area contributed by atoms with Gasteiger partial charge in [0.05, 0.1) is 0 Å². The van der Waals surface area contributed by atoms with Crippen LogP contribution in [0.4, 0.5) is 0 Å². The summed E-state index contributed by atoms with van der Waals surface area (Å²) in [6, 6.07) is 6.30. The standard InChI is InChI=1S/C11H6BrO.2ClH.Zr/c12-9-1-2-10-8(6-9)5-7-3-4-13-11(7)10;;;/h1-6H;2*1H;/q;;;+2/p-2. The normalized spacial score (nSPS) is 19.6. The molecule has 1 aromatic rings. The largest absolute Gasteiger partial charge is 1.00 e. The zero-order chi connectivity index (χ0) is 9.71. The quantitative estimate of drug-likeness (QED) is 0.428. The number of fused-ring (bicyclic) bond motifs is 2. The molecule has 0 bridgehead atoms. The molecule has 1 aliphatic carbocycles. The van der Waals surface area contributed by atoms with Crippen molar-refractivity contribution in [2.75, 3.05) is 0 Å². The molecule has 3 rings (SSSR count). The van der Waals surface area contributed by atoms with Gasteiger partial charge in [-0.1, -0.05) is 0 Å². The van der Waals surface area contributed by atoms with Crippen molar-refractivity contribution < 1.29 is 54.3 Å². The Morgan fingerprint density at radius 1 is 1.25 bits per heavy atom. The molecule has 0 saturated heterocycles. The maximum absolute atomic E-state index is 5.77. The molecule has 1 aliphatic heterocycles. The van der Waals surface area contributed by atoms with Gasteiger partial charge in [-0.15, -0.1) is 0 Å². The van der Waals surface area contributed by atoms with Gasteiger partial charge in [-0.3, -0.25) is 0 Å². The molecule has 1 atom stereocenters. The van der Waals surface area contributed by atoms with E-state index < -0.39 is 0 Å². The van der Waals surface area contributed by atoms with Gasteiger partial charge < -0.3 is 24.8 Å². The molecular formula is C11H6BrCl2OZr. The predicted molar refractivity (Wildman–Crippen MR) is 54.2 cm³/mol. The predicted octanol–water partition coefficient (Wildman–Crippen LogP) is -4.81. The second kappa shape index (κ2) is 5.39. The first-order chi connectivity index (χ1) is 6.74. The number of hydrogen-bond acceptors (Lipinski definition) is 1. The molecule has 0 N–H and O–H groups in total. The van der Waals surface area contributed by atoms with Crippen LogP contribution in [0.2, 0.25) is 0 Å². The van der Waals surface area contributed by atoms with Crippen LogP contribution < -0.4 is 35.3 Å². The molecule has 1 aromatic carbocycles. The second-order valence-electron chi connectivity index (χ2n) is 3.37. The topological polar surface area (TPSA) is 9.23 Å². The maximum Gasteiger partial charge on any atom is -1.00 e. The first kappa shape index (κ1) is 14.5. The van der Waals surface area contributed by atoms with E-state index in [0.717, 1.165) is 10.2 Å². The Balaban J connectivity index is 0.000000640. The molecule has 16 heavy (non-hydrogen) atoms. The summed E-state index contributed by atoms with van der Waals surface area (Å²) in [6.07, 6.45) is 4.39. The van der Waals surface area contributed by atoms with Gasteiger partial charge in [0, 0.05) is 0 Å². The summed E-state index contributed by atoms with van der Waals surface area (Å²) in [4.78, 5) is 0. The molecule has 0 amide bonds. The van der Waals surface area contributed by atoms with Gasteiger partial charge >= 0.3 is 106 Å². The Bertz CT molecular complexity index is 568. The Hall–Kier alpha value is 0.443. The summed E-state index contributed by atoms with van der Waals surface area (Å²) in [5.41, 5.74) is 1.25. The van der Waals surface area contributed by atoms with Crippen LogP contribution in [0.25, 0.3) is 11.8 Å². The van der Waals surface area contributed by atoms with Crippen molar-refractivity contribution >= 4 is 27.8 Å². The van der Waals surface area contributed by atoms with E-state index in [4.69, 9.17) is 4.74 Å². The van der Waals surface area contributed by atoms with Crippen molar-refractivity contribution in [3.63, 3.8) is 0 Å². The molecule has 0 radical (unpaired) electrons. The minimum absolute atomic E-state index is 0. The van der Waals surface area contributed by atoms with E-state index in [9.17, 15) is 0 Å². The van der Waals surface area contributed by atoms with Crippen LogP contribution in [0.1, 0.15) is 0 Å². The third-order valence-corrected chi connectivity index (χ3v) is 3.60. The smallest absolute Gasteiger partial charge is 1.00 e. The second-order valence-corrected chi connectivity index (χ2v) is 5.68. The minimum Gasteiger partial charge on any atom is -1.00 e. The third kappa shape index (κ3) is 2.33. The minimum atomic E-state index is 0. The van der Waals surface area contributed by atoms with Crippen LogP contribution in [0.5, 0.6) is 0 Å². The van der Waals surface area contributed by atoms with Crippen molar-refractivity contribution in [2.24, 2.45) is 0 Å². The molecule has 81 valence electrons. The average molecular weight is 396 g/mol. The summed E-state index contributed by atoms with van der Waals surface area (Å²) in [5.74, 6) is 1.06. The molecule has 1 heterocycles. The van der Waals surface area contributed by atoms with Gasteiger partial charge in [-0.25, -0.2) is 0 Å². The monoisotopic (exact) mass is 393 g/mol. The van der Waals surface area contributed by atoms with Crippen LogP contribution in [0.3, 0.4) is 0 Å². The third-order valence-electron chi connectivity index (χ3n) is 2.41. The Morgan fingerprint density at radius 2 is 2.00 bits per heavy atom. The van der Waals surface area contributed by atoms with Crippen molar-refractivity contribution in [1.29, 1.82) is 0 Å². The fourth-order valence-electron chi connectivity index (χ4n) is 1.83. The van der Waals surface area contributed by atoms with Crippen molar-refractivity contribution in [3.05, 3.63) is 44.8 Å². The molecule has 5 heteroatoms. The van der Waals surface area contributed by atoms with E-state index >= 15 is 0 Å². The fraction of sp³-hybridized carbons (Fsp3) is 0.0909. The number of halogens is 3. The molecule has 0 saturated carbocycles. The van der Waals surface area contributed by atoms with Crippen LogP contribution in [0.15, 0.2) is 34.3 Å². The zero-order valence-electron chi connectivity index (χ0n) is 8.01. The summed E-state index contributed by atoms with van der Waals surface area (Å²) >= 11 is 4.88. The van der Waals surface area contributed by atoms with Gasteiger partial charge in [0.25, 0.3) is 0 Å². The van der Waals surface area contributed by atoms with Gasteiger partial charge in [-0.05, 0) is 0 Å². The van der Waals surface area contributed by atoms with Crippen molar-refractivity contribution in [1.82, 2.24) is 0 Å². The number of rotatable bonds is 0. The van der Waals surface area contributed by atoms with E-state index in [2.05, 4.69) is 46.3 Å². The van der Waals surface area contributed by atoms with Crippen molar-refractivity contribution in [3.8, 4) is 0 Å². The summed E-state index contributed by atoms with van der Waals surface area (Å²) in [6.45, 7) is 0. The van der Waals surface area contributed by atoms with E-state index in [0.29, 0.717) is 3.81 Å². The van der Waals surface area contributed by atoms with Crippen LogP contribution >= 0.6 is 15.9 Å². The van der Waals surface area contributed by atoms with Gasteiger partial charge in [0.1, 0.15) is 0 Å². The van der Waals surface area contributed by atoms with E-state index in [1.165, 1.54) is 40.7 Å². The Kier molecular flexibility index (Phi) is 4.89. The summed E-state index contributed by atoms with van der Waals surface area (Å²) < 4.78 is 7.19. The molecule has 0 aromatic heterocycles.